The fraction of sp³-hybridized carbons (Fsp3) is 0.526. The van der Waals surface area contributed by atoms with Gasteiger partial charge < -0.3 is 24.7 Å². The summed E-state index contributed by atoms with van der Waals surface area (Å²) in [6.45, 7) is 5.16. The van der Waals surface area contributed by atoms with E-state index in [1.807, 2.05) is 19.9 Å². The van der Waals surface area contributed by atoms with Crippen LogP contribution in [0.3, 0.4) is 0 Å². The first-order valence-corrected chi connectivity index (χ1v) is 10.6. The molecule has 0 spiro atoms. The van der Waals surface area contributed by atoms with E-state index in [0.29, 0.717) is 29.4 Å². The van der Waals surface area contributed by atoms with Gasteiger partial charge in [-0.1, -0.05) is 18.5 Å². The maximum atomic E-state index is 12.6. The summed E-state index contributed by atoms with van der Waals surface area (Å²) in [4.78, 5) is 34.3. The van der Waals surface area contributed by atoms with Gasteiger partial charge in [0, 0.05) is 20.2 Å². The number of ether oxygens (including phenoxy) is 2. The SMILES string of the molecule is CCc1[nH]c(C(=O)NC2CCN(c3cc(C)c(C(=O)OC)s3)CC2OC)nc1Cl. The number of rotatable bonds is 6. The van der Waals surface area contributed by atoms with E-state index in [-0.39, 0.29) is 29.8 Å². The zero-order valence-electron chi connectivity index (χ0n) is 16.9. The van der Waals surface area contributed by atoms with E-state index >= 15 is 0 Å². The number of nitrogens with one attached hydrogen (secondary N) is 2. The van der Waals surface area contributed by atoms with E-state index in [2.05, 4.69) is 20.2 Å². The van der Waals surface area contributed by atoms with E-state index in [1.54, 1.807) is 7.11 Å². The number of thiophene rings is 1. The molecule has 1 aliphatic heterocycles. The summed E-state index contributed by atoms with van der Waals surface area (Å²) < 4.78 is 10.5. The number of aryl methyl sites for hydroxylation is 2. The van der Waals surface area contributed by atoms with Crippen molar-refractivity contribution in [2.75, 3.05) is 32.2 Å². The molecule has 29 heavy (non-hydrogen) atoms. The molecule has 2 aromatic heterocycles. The molecule has 1 fully saturated rings. The van der Waals surface area contributed by atoms with Gasteiger partial charge in [-0.2, -0.15) is 0 Å². The van der Waals surface area contributed by atoms with Crippen LogP contribution in [0.1, 0.15) is 44.9 Å². The lowest BCUT2D eigenvalue weighted by Gasteiger charge is -2.38. The molecule has 0 radical (unpaired) electrons. The average molecular weight is 441 g/mol. The Bertz CT molecular complexity index is 897. The molecule has 2 aromatic rings. The van der Waals surface area contributed by atoms with Crippen molar-refractivity contribution < 1.29 is 19.1 Å². The standard InChI is InChI=1S/C19H25ClN4O4S/c1-5-11-16(20)23-17(21-11)18(25)22-12-6-7-24(9-13(12)27-3)14-8-10(2)15(29-14)19(26)28-4/h8,12-13H,5-7,9H2,1-4H3,(H,21,23)(H,22,25). The summed E-state index contributed by atoms with van der Waals surface area (Å²) in [6.07, 6.45) is 1.17. The van der Waals surface area contributed by atoms with Gasteiger partial charge in [-0.25, -0.2) is 9.78 Å². The minimum absolute atomic E-state index is 0.154. The molecule has 0 aromatic carbocycles. The molecule has 8 nitrogen and oxygen atoms in total. The molecule has 0 saturated carbocycles. The Balaban J connectivity index is 1.68. The fourth-order valence-electron chi connectivity index (χ4n) is 3.40. The summed E-state index contributed by atoms with van der Waals surface area (Å²) in [6, 6.07) is 1.83. The number of piperidine rings is 1. The number of nitrogens with zero attached hydrogens (tertiary/aromatic N) is 2. The number of aromatic nitrogens is 2. The summed E-state index contributed by atoms with van der Waals surface area (Å²) in [5, 5.41) is 4.31. The smallest absolute Gasteiger partial charge is 0.348 e. The number of anilines is 1. The van der Waals surface area contributed by atoms with Gasteiger partial charge in [-0.3, -0.25) is 4.79 Å². The molecule has 3 rings (SSSR count). The van der Waals surface area contributed by atoms with Gasteiger partial charge >= 0.3 is 5.97 Å². The van der Waals surface area contributed by atoms with E-state index in [4.69, 9.17) is 21.1 Å². The first-order valence-electron chi connectivity index (χ1n) is 9.39. The third-order valence-electron chi connectivity index (χ3n) is 5.06. The zero-order chi connectivity index (χ0) is 21.1. The molecule has 158 valence electrons. The molecule has 2 N–H and O–H groups in total. The fourth-order valence-corrected chi connectivity index (χ4v) is 4.80. The number of amides is 1. The lowest BCUT2D eigenvalue weighted by molar-refractivity contribution is 0.0539. The Morgan fingerprint density at radius 2 is 2.21 bits per heavy atom. The van der Waals surface area contributed by atoms with Gasteiger partial charge in [-0.15, -0.1) is 11.3 Å². The predicted molar refractivity (Wildman–Crippen MR) is 112 cm³/mol. The number of aromatic amines is 1. The minimum atomic E-state index is -0.326. The van der Waals surface area contributed by atoms with Crippen LogP contribution < -0.4 is 10.2 Å². The van der Waals surface area contributed by atoms with Gasteiger partial charge in [0.25, 0.3) is 5.91 Å². The monoisotopic (exact) mass is 440 g/mol. The van der Waals surface area contributed by atoms with Crippen molar-refractivity contribution in [3.05, 3.63) is 33.2 Å². The Labute approximate surface area is 178 Å². The number of methoxy groups -OCH3 is 2. The molecule has 0 bridgehead atoms. The maximum absolute atomic E-state index is 12.6. The van der Waals surface area contributed by atoms with E-state index in [1.165, 1.54) is 18.4 Å². The van der Waals surface area contributed by atoms with Crippen LogP contribution in [-0.2, 0) is 15.9 Å². The highest BCUT2D eigenvalue weighted by molar-refractivity contribution is 7.18. The molecule has 2 unspecified atom stereocenters. The predicted octanol–water partition coefficient (Wildman–Crippen LogP) is 2.81. The number of hydrogen-bond acceptors (Lipinski definition) is 7. The molecule has 10 heteroatoms. The first kappa shape index (κ1) is 21.6. The highest BCUT2D eigenvalue weighted by Crippen LogP contribution is 2.32. The lowest BCUT2D eigenvalue weighted by Crippen LogP contribution is -2.55. The second-order valence-electron chi connectivity index (χ2n) is 6.89. The van der Waals surface area contributed by atoms with Crippen LogP contribution in [0.5, 0.6) is 0 Å². The second-order valence-corrected chi connectivity index (χ2v) is 8.27. The number of imidazole rings is 1. The Kier molecular flexibility index (Phi) is 6.81. The summed E-state index contributed by atoms with van der Waals surface area (Å²) in [5.41, 5.74) is 1.63. The van der Waals surface area contributed by atoms with Gasteiger partial charge in [0.15, 0.2) is 11.0 Å². The highest BCUT2D eigenvalue weighted by atomic mass is 35.5. The van der Waals surface area contributed by atoms with Crippen LogP contribution in [0.2, 0.25) is 5.15 Å². The van der Waals surface area contributed by atoms with Crippen molar-refractivity contribution in [1.82, 2.24) is 15.3 Å². The molecule has 1 aliphatic rings. The molecular weight excluding hydrogens is 416 g/mol. The number of carbonyl (C=O) groups is 2. The topological polar surface area (TPSA) is 96.6 Å². The summed E-state index contributed by atoms with van der Waals surface area (Å²) in [5.74, 6) is -0.416. The van der Waals surface area contributed by atoms with Gasteiger partial charge in [0.2, 0.25) is 0 Å². The molecule has 2 atom stereocenters. The average Bonchev–Trinajstić information content (AvgIpc) is 3.30. The summed E-state index contributed by atoms with van der Waals surface area (Å²) >= 11 is 7.45. The third-order valence-corrected chi connectivity index (χ3v) is 6.65. The van der Waals surface area contributed by atoms with Crippen molar-refractivity contribution in [1.29, 1.82) is 0 Å². The van der Waals surface area contributed by atoms with E-state index in [0.717, 1.165) is 22.8 Å². The lowest BCUT2D eigenvalue weighted by atomic mass is 10.0. The van der Waals surface area contributed by atoms with Crippen LogP contribution in [-0.4, -0.2) is 61.3 Å². The molecular formula is C19H25ClN4O4S. The molecule has 0 aliphatic carbocycles. The van der Waals surface area contributed by atoms with Crippen molar-refractivity contribution in [3.63, 3.8) is 0 Å². The minimum Gasteiger partial charge on any atom is -0.465 e. The molecule has 1 saturated heterocycles. The van der Waals surface area contributed by atoms with Gasteiger partial charge in [0.1, 0.15) is 4.88 Å². The Morgan fingerprint density at radius 1 is 1.45 bits per heavy atom. The van der Waals surface area contributed by atoms with Gasteiger partial charge in [-0.05, 0) is 31.4 Å². The maximum Gasteiger partial charge on any atom is 0.348 e. The van der Waals surface area contributed by atoms with Crippen LogP contribution in [0.25, 0.3) is 0 Å². The number of carbonyl (C=O) groups excluding carboxylic acids is 2. The third kappa shape index (κ3) is 4.57. The van der Waals surface area contributed by atoms with E-state index in [9.17, 15) is 9.59 Å². The Morgan fingerprint density at radius 3 is 2.83 bits per heavy atom. The van der Waals surface area contributed by atoms with Crippen molar-refractivity contribution >= 4 is 39.8 Å². The first-order chi connectivity index (χ1) is 13.9. The highest BCUT2D eigenvalue weighted by Gasteiger charge is 2.32. The van der Waals surface area contributed by atoms with E-state index < -0.39 is 0 Å². The normalized spacial score (nSPS) is 19.3. The van der Waals surface area contributed by atoms with Gasteiger partial charge in [0.05, 0.1) is 30.0 Å². The van der Waals surface area contributed by atoms with Crippen molar-refractivity contribution in [2.45, 2.75) is 38.8 Å². The molecule has 3 heterocycles. The largest absolute Gasteiger partial charge is 0.465 e. The van der Waals surface area contributed by atoms with Crippen molar-refractivity contribution in [3.8, 4) is 0 Å². The number of H-pyrrole nitrogens is 1. The second kappa shape index (κ2) is 9.15. The number of hydrogen-bond donors (Lipinski definition) is 2. The van der Waals surface area contributed by atoms with Crippen LogP contribution in [0.4, 0.5) is 5.00 Å². The van der Waals surface area contributed by atoms with Crippen LogP contribution in [0, 0.1) is 6.92 Å². The Hall–Kier alpha value is -2.10. The van der Waals surface area contributed by atoms with Crippen molar-refractivity contribution in [2.24, 2.45) is 0 Å². The zero-order valence-corrected chi connectivity index (χ0v) is 18.4. The van der Waals surface area contributed by atoms with Crippen LogP contribution in [0.15, 0.2) is 6.07 Å². The quantitative estimate of drug-likeness (QED) is 0.670. The molecule has 1 amide bonds. The summed E-state index contributed by atoms with van der Waals surface area (Å²) in [7, 11) is 3.01. The number of halogens is 1. The number of esters is 1. The van der Waals surface area contributed by atoms with Crippen LogP contribution >= 0.6 is 22.9 Å².